The number of aliphatic hydroxyl groups excluding tert-OH is 4. The quantitative estimate of drug-likeness (QED) is 0.329. The maximum Gasteiger partial charge on any atom is 0.348 e. The molecule has 10 heteroatoms. The number of hydrogen-bond donors (Lipinski definition) is 5. The van der Waals surface area contributed by atoms with Crippen molar-refractivity contribution in [2.75, 3.05) is 20.0 Å². The number of methoxy groups -OCH3 is 1. The van der Waals surface area contributed by atoms with E-state index in [9.17, 15) is 24.9 Å². The Morgan fingerprint density at radius 2 is 2.09 bits per heavy atom. The van der Waals surface area contributed by atoms with Crippen LogP contribution in [0.15, 0.2) is 0 Å². The fourth-order valence-electron chi connectivity index (χ4n) is 2.49. The first-order valence-electron chi connectivity index (χ1n) is 6.96. The van der Waals surface area contributed by atoms with Gasteiger partial charge in [-0.05, 0) is 6.26 Å². The molecule has 0 spiro atoms. The summed E-state index contributed by atoms with van der Waals surface area (Å²) in [6.07, 6.45) is -4.37. The summed E-state index contributed by atoms with van der Waals surface area (Å²) in [4.78, 5) is 21.8. The monoisotopic (exact) mass is 353 g/mol. The largest absolute Gasteiger partial charge is 0.466 e. The lowest BCUT2D eigenvalue weighted by molar-refractivity contribution is -0.206. The van der Waals surface area contributed by atoms with Gasteiger partial charge in [0.2, 0.25) is 10.8 Å². The van der Waals surface area contributed by atoms with Crippen LogP contribution < -0.4 is 5.32 Å². The number of amides is 1. The van der Waals surface area contributed by atoms with Crippen molar-refractivity contribution in [3.63, 3.8) is 0 Å². The lowest BCUT2D eigenvalue weighted by atomic mass is 9.89. The third-order valence-electron chi connectivity index (χ3n) is 3.69. The number of thioether (sulfide) groups is 1. The fraction of sp³-hybridized carbons (Fsp3) is 0.846. The second-order valence-corrected chi connectivity index (χ2v) is 6.34. The smallest absolute Gasteiger partial charge is 0.348 e. The number of ether oxygens (including phenoxy) is 2. The summed E-state index contributed by atoms with van der Waals surface area (Å²) in [5.41, 5.74) is 0. The van der Waals surface area contributed by atoms with Crippen LogP contribution in [0.5, 0.6) is 0 Å². The van der Waals surface area contributed by atoms with Crippen LogP contribution in [-0.2, 0) is 19.1 Å². The van der Waals surface area contributed by atoms with Gasteiger partial charge in [0.1, 0.15) is 18.3 Å². The van der Waals surface area contributed by atoms with Crippen molar-refractivity contribution in [2.45, 2.75) is 48.7 Å². The van der Waals surface area contributed by atoms with E-state index in [4.69, 9.17) is 9.84 Å². The number of carbonyl (C=O) groups is 2. The number of carbonyl (C=O) groups excluding carboxylic acids is 2. The summed E-state index contributed by atoms with van der Waals surface area (Å²) >= 11 is 0.966. The predicted octanol–water partition coefficient (Wildman–Crippen LogP) is -2.41. The molecule has 23 heavy (non-hydrogen) atoms. The highest BCUT2D eigenvalue weighted by molar-refractivity contribution is 8.00. The van der Waals surface area contributed by atoms with E-state index in [1.165, 1.54) is 6.92 Å². The van der Waals surface area contributed by atoms with Crippen LogP contribution in [0.2, 0.25) is 0 Å². The molecule has 6 atom stereocenters. The van der Waals surface area contributed by atoms with Crippen molar-refractivity contribution in [1.82, 2.24) is 5.32 Å². The molecule has 0 aromatic rings. The molecule has 0 aromatic carbocycles. The minimum atomic E-state index is -1.64. The van der Waals surface area contributed by atoms with Crippen molar-refractivity contribution in [3.05, 3.63) is 0 Å². The van der Waals surface area contributed by atoms with E-state index in [0.29, 0.717) is 0 Å². The Bertz CT molecular complexity index is 436. The van der Waals surface area contributed by atoms with E-state index >= 15 is 0 Å². The molecule has 0 saturated carbocycles. The van der Waals surface area contributed by atoms with Gasteiger partial charge in [-0.2, -0.15) is 0 Å². The Morgan fingerprint density at radius 1 is 1.48 bits per heavy atom. The van der Waals surface area contributed by atoms with E-state index in [-0.39, 0.29) is 6.42 Å². The maximum atomic E-state index is 12.0. The molecule has 5 N–H and O–H groups in total. The van der Waals surface area contributed by atoms with E-state index in [0.717, 1.165) is 18.9 Å². The molecule has 1 saturated heterocycles. The SMILES string of the molecule is COC(=O)[C@@]1(SC)C[C@H](O)[C@@H](NC(C)=O)[C@H]([C@H](O)[C@H](O)CO)O1. The first kappa shape index (κ1) is 20.1. The number of rotatable bonds is 6. The second kappa shape index (κ2) is 8.27. The summed E-state index contributed by atoms with van der Waals surface area (Å²) in [6, 6.07) is -1.06. The third kappa shape index (κ3) is 4.34. The van der Waals surface area contributed by atoms with E-state index in [1.807, 2.05) is 0 Å². The molecule has 0 bridgehead atoms. The average molecular weight is 353 g/mol. The third-order valence-corrected chi connectivity index (χ3v) is 4.78. The lowest BCUT2D eigenvalue weighted by Crippen LogP contribution is -2.66. The summed E-state index contributed by atoms with van der Waals surface area (Å²) in [6.45, 7) is 0.462. The zero-order chi connectivity index (χ0) is 17.8. The highest BCUT2D eigenvalue weighted by Gasteiger charge is 2.54. The first-order chi connectivity index (χ1) is 10.7. The number of nitrogens with one attached hydrogen (secondary N) is 1. The minimum Gasteiger partial charge on any atom is -0.466 e. The van der Waals surface area contributed by atoms with Crippen LogP contribution in [0.1, 0.15) is 13.3 Å². The molecule has 0 aliphatic carbocycles. The van der Waals surface area contributed by atoms with Crippen molar-refractivity contribution in [3.8, 4) is 0 Å². The van der Waals surface area contributed by atoms with E-state index in [2.05, 4.69) is 10.1 Å². The number of hydrogen-bond acceptors (Lipinski definition) is 9. The Labute approximate surface area is 138 Å². The van der Waals surface area contributed by atoms with Gasteiger partial charge in [-0.3, -0.25) is 4.79 Å². The summed E-state index contributed by atoms with van der Waals surface area (Å²) in [7, 11) is 1.16. The molecule has 1 fully saturated rings. The van der Waals surface area contributed by atoms with Crippen LogP contribution >= 0.6 is 11.8 Å². The van der Waals surface area contributed by atoms with Crippen LogP contribution in [0.4, 0.5) is 0 Å². The molecular formula is C13H23NO8S. The molecule has 9 nitrogen and oxygen atoms in total. The standard InChI is InChI=1S/C13H23NO8S/c1-6(16)14-9-7(17)4-13(23-3,12(20)21-2)22-11(9)10(19)8(18)5-15/h7-11,15,17-19H,4-5H2,1-3H3,(H,14,16)/t7-,8+,9+,10+,11+,13-/m0/s1. The normalized spacial score (nSPS) is 33.6. The van der Waals surface area contributed by atoms with Gasteiger partial charge in [0.25, 0.3) is 0 Å². The van der Waals surface area contributed by atoms with Gasteiger partial charge in [0.05, 0.1) is 25.9 Å². The number of esters is 1. The molecule has 134 valence electrons. The zero-order valence-corrected chi connectivity index (χ0v) is 13.9. The van der Waals surface area contributed by atoms with Crippen LogP contribution in [0, 0.1) is 0 Å². The summed E-state index contributed by atoms with van der Waals surface area (Å²) in [5, 5.41) is 41.6. The molecule has 1 aliphatic rings. The highest BCUT2D eigenvalue weighted by Crippen LogP contribution is 2.39. The molecule has 0 radical (unpaired) electrons. The van der Waals surface area contributed by atoms with E-state index in [1.54, 1.807) is 6.26 Å². The van der Waals surface area contributed by atoms with Gasteiger partial charge in [-0.15, -0.1) is 11.8 Å². The van der Waals surface area contributed by atoms with Gasteiger partial charge in [-0.25, -0.2) is 4.79 Å². The minimum absolute atomic E-state index is 0.176. The van der Waals surface area contributed by atoms with Gasteiger partial charge < -0.3 is 35.2 Å². The van der Waals surface area contributed by atoms with Gasteiger partial charge in [0.15, 0.2) is 0 Å². The van der Waals surface area contributed by atoms with Crippen LogP contribution in [0.3, 0.4) is 0 Å². The molecule has 1 rings (SSSR count). The Hall–Kier alpha value is -0.910. The Morgan fingerprint density at radius 3 is 2.52 bits per heavy atom. The molecular weight excluding hydrogens is 330 g/mol. The summed E-state index contributed by atoms with van der Waals surface area (Å²) in [5.74, 6) is -1.25. The van der Waals surface area contributed by atoms with Crippen molar-refractivity contribution >= 4 is 23.6 Å². The van der Waals surface area contributed by atoms with Crippen LogP contribution in [-0.4, -0.2) is 87.7 Å². The lowest BCUT2D eigenvalue weighted by Gasteiger charge is -2.46. The topological polar surface area (TPSA) is 146 Å². The van der Waals surface area contributed by atoms with Gasteiger partial charge >= 0.3 is 5.97 Å². The molecule has 0 aromatic heterocycles. The maximum absolute atomic E-state index is 12.0. The van der Waals surface area contributed by atoms with Crippen molar-refractivity contribution < 1.29 is 39.5 Å². The molecule has 1 amide bonds. The second-order valence-electron chi connectivity index (χ2n) is 5.27. The summed E-state index contributed by atoms with van der Waals surface area (Å²) < 4.78 is 10.3. The van der Waals surface area contributed by atoms with Gasteiger partial charge in [0, 0.05) is 13.3 Å². The first-order valence-corrected chi connectivity index (χ1v) is 8.18. The Balaban J connectivity index is 3.17. The van der Waals surface area contributed by atoms with Gasteiger partial charge in [-0.1, -0.05) is 0 Å². The number of aliphatic hydroxyl groups is 4. The predicted molar refractivity (Wildman–Crippen MR) is 80.5 cm³/mol. The molecule has 0 unspecified atom stereocenters. The average Bonchev–Trinajstić information content (AvgIpc) is 2.53. The van der Waals surface area contributed by atoms with Crippen molar-refractivity contribution in [1.29, 1.82) is 0 Å². The van der Waals surface area contributed by atoms with Crippen LogP contribution in [0.25, 0.3) is 0 Å². The molecule has 1 aliphatic heterocycles. The van der Waals surface area contributed by atoms with E-state index < -0.39 is 53.9 Å². The highest BCUT2D eigenvalue weighted by atomic mass is 32.2. The fourth-order valence-corrected chi connectivity index (χ4v) is 3.28. The van der Waals surface area contributed by atoms with Crippen molar-refractivity contribution in [2.24, 2.45) is 0 Å². The zero-order valence-electron chi connectivity index (χ0n) is 13.1. The Kier molecular flexibility index (Phi) is 7.24. The molecule has 1 heterocycles.